The SMILES string of the molecule is C=C1C=C(Cl)C=CC(C(=O)OCC)=C1. The highest BCUT2D eigenvalue weighted by Crippen LogP contribution is 2.17. The third-order valence-corrected chi connectivity index (χ3v) is 1.83. The van der Waals surface area contributed by atoms with E-state index in [-0.39, 0.29) is 5.97 Å². The fourth-order valence-corrected chi connectivity index (χ4v) is 1.23. The quantitative estimate of drug-likeness (QED) is 0.655. The van der Waals surface area contributed by atoms with Crippen LogP contribution in [0, 0.1) is 0 Å². The molecule has 0 spiro atoms. The van der Waals surface area contributed by atoms with Crippen LogP contribution in [0.5, 0.6) is 0 Å². The van der Waals surface area contributed by atoms with E-state index in [9.17, 15) is 4.79 Å². The smallest absolute Gasteiger partial charge is 0.338 e. The third-order valence-electron chi connectivity index (χ3n) is 1.60. The number of rotatable bonds is 2. The standard InChI is InChI=1S/C11H11ClO2/c1-3-14-11(13)9-4-5-10(12)7-8(2)6-9/h4-7H,2-3H2,1H3. The van der Waals surface area contributed by atoms with Gasteiger partial charge in [-0.3, -0.25) is 0 Å². The number of hydrogen-bond acceptors (Lipinski definition) is 2. The molecule has 0 aliphatic heterocycles. The van der Waals surface area contributed by atoms with E-state index < -0.39 is 0 Å². The van der Waals surface area contributed by atoms with Crippen molar-refractivity contribution in [2.45, 2.75) is 6.92 Å². The summed E-state index contributed by atoms with van der Waals surface area (Å²) in [4.78, 5) is 11.4. The van der Waals surface area contributed by atoms with Gasteiger partial charge in [0.05, 0.1) is 12.2 Å². The number of allylic oxidation sites excluding steroid dienone is 5. The maximum atomic E-state index is 11.4. The van der Waals surface area contributed by atoms with Crippen molar-refractivity contribution in [3.63, 3.8) is 0 Å². The van der Waals surface area contributed by atoms with Gasteiger partial charge in [0.15, 0.2) is 0 Å². The van der Waals surface area contributed by atoms with E-state index in [1.165, 1.54) is 0 Å². The normalized spacial score (nSPS) is 15.7. The van der Waals surface area contributed by atoms with E-state index in [0.29, 0.717) is 22.8 Å². The Labute approximate surface area is 88.2 Å². The first-order valence-corrected chi connectivity index (χ1v) is 4.64. The average Bonchev–Trinajstić information content (AvgIpc) is 2.27. The summed E-state index contributed by atoms with van der Waals surface area (Å²) in [7, 11) is 0. The molecule has 14 heavy (non-hydrogen) atoms. The predicted octanol–water partition coefficient (Wildman–Crippen LogP) is 2.72. The monoisotopic (exact) mass is 210 g/mol. The summed E-state index contributed by atoms with van der Waals surface area (Å²) < 4.78 is 4.85. The number of carbonyl (C=O) groups is 1. The summed E-state index contributed by atoms with van der Waals surface area (Å²) in [5.41, 5.74) is 1.15. The van der Waals surface area contributed by atoms with Crippen molar-refractivity contribution in [3.05, 3.63) is 47.1 Å². The van der Waals surface area contributed by atoms with Crippen LogP contribution in [0.15, 0.2) is 47.1 Å². The summed E-state index contributed by atoms with van der Waals surface area (Å²) in [6.45, 7) is 5.85. The van der Waals surface area contributed by atoms with Crippen LogP contribution in [-0.2, 0) is 9.53 Å². The van der Waals surface area contributed by atoms with Gasteiger partial charge < -0.3 is 4.74 Å². The van der Waals surface area contributed by atoms with Crippen molar-refractivity contribution >= 4 is 17.6 Å². The molecule has 0 amide bonds. The topological polar surface area (TPSA) is 26.3 Å². The molecule has 1 aliphatic rings. The molecule has 0 radical (unpaired) electrons. The Balaban J connectivity index is 2.87. The lowest BCUT2D eigenvalue weighted by Crippen LogP contribution is -2.05. The first-order chi connectivity index (χ1) is 6.63. The summed E-state index contributed by atoms with van der Waals surface area (Å²) in [5.74, 6) is -0.357. The minimum Gasteiger partial charge on any atom is -0.462 e. The zero-order valence-corrected chi connectivity index (χ0v) is 8.67. The fourth-order valence-electron chi connectivity index (χ4n) is 1.03. The molecule has 0 aromatic rings. The molecule has 2 nitrogen and oxygen atoms in total. The van der Waals surface area contributed by atoms with Crippen molar-refractivity contribution in [2.75, 3.05) is 6.61 Å². The van der Waals surface area contributed by atoms with Crippen molar-refractivity contribution in [3.8, 4) is 0 Å². The van der Waals surface area contributed by atoms with Crippen LogP contribution in [0.2, 0.25) is 0 Å². The van der Waals surface area contributed by atoms with E-state index >= 15 is 0 Å². The Bertz CT molecular complexity index is 348. The molecule has 1 rings (SSSR count). The lowest BCUT2D eigenvalue weighted by Gasteiger charge is -2.00. The minimum absolute atomic E-state index is 0.357. The van der Waals surface area contributed by atoms with E-state index in [0.717, 1.165) is 0 Å². The molecule has 0 aromatic carbocycles. The maximum Gasteiger partial charge on any atom is 0.338 e. The number of esters is 1. The second kappa shape index (κ2) is 4.82. The Hall–Kier alpha value is -1.28. The number of halogens is 1. The van der Waals surface area contributed by atoms with Crippen molar-refractivity contribution in [2.24, 2.45) is 0 Å². The van der Waals surface area contributed by atoms with Gasteiger partial charge in [0.25, 0.3) is 0 Å². The van der Waals surface area contributed by atoms with Gasteiger partial charge in [-0.1, -0.05) is 18.2 Å². The molecular weight excluding hydrogens is 200 g/mol. The lowest BCUT2D eigenvalue weighted by molar-refractivity contribution is -0.138. The number of hydrogen-bond donors (Lipinski definition) is 0. The van der Waals surface area contributed by atoms with Gasteiger partial charge in [-0.15, -0.1) is 0 Å². The molecular formula is C11H11ClO2. The van der Waals surface area contributed by atoms with Gasteiger partial charge in [-0.05, 0) is 36.8 Å². The van der Waals surface area contributed by atoms with Crippen LogP contribution in [-0.4, -0.2) is 12.6 Å². The Morgan fingerprint density at radius 1 is 1.50 bits per heavy atom. The van der Waals surface area contributed by atoms with Crippen LogP contribution >= 0.6 is 11.6 Å². The summed E-state index contributed by atoms with van der Waals surface area (Å²) >= 11 is 5.79. The minimum atomic E-state index is -0.357. The van der Waals surface area contributed by atoms with Crippen molar-refractivity contribution in [1.82, 2.24) is 0 Å². The largest absolute Gasteiger partial charge is 0.462 e. The second-order valence-electron chi connectivity index (χ2n) is 2.76. The van der Waals surface area contributed by atoms with Crippen LogP contribution in [0.1, 0.15) is 6.92 Å². The predicted molar refractivity (Wildman–Crippen MR) is 56.9 cm³/mol. The van der Waals surface area contributed by atoms with Crippen LogP contribution in [0.3, 0.4) is 0 Å². The average molecular weight is 211 g/mol. The molecule has 0 aromatic heterocycles. The van der Waals surface area contributed by atoms with Gasteiger partial charge in [-0.25, -0.2) is 4.79 Å². The van der Waals surface area contributed by atoms with E-state index in [2.05, 4.69) is 6.58 Å². The van der Waals surface area contributed by atoms with Crippen molar-refractivity contribution < 1.29 is 9.53 Å². The summed E-state index contributed by atoms with van der Waals surface area (Å²) in [6, 6.07) is 0. The van der Waals surface area contributed by atoms with Crippen LogP contribution < -0.4 is 0 Å². The highest BCUT2D eigenvalue weighted by atomic mass is 35.5. The molecule has 0 N–H and O–H groups in total. The van der Waals surface area contributed by atoms with Gasteiger partial charge in [0.2, 0.25) is 0 Å². The molecule has 0 heterocycles. The van der Waals surface area contributed by atoms with Gasteiger partial charge in [-0.2, -0.15) is 0 Å². The van der Waals surface area contributed by atoms with E-state index in [1.54, 1.807) is 31.2 Å². The molecule has 0 saturated heterocycles. The van der Waals surface area contributed by atoms with E-state index in [4.69, 9.17) is 16.3 Å². The molecule has 0 fully saturated rings. The van der Waals surface area contributed by atoms with Gasteiger partial charge >= 0.3 is 5.97 Å². The molecule has 1 aliphatic carbocycles. The van der Waals surface area contributed by atoms with E-state index in [1.807, 2.05) is 0 Å². The Morgan fingerprint density at radius 2 is 2.21 bits per heavy atom. The lowest BCUT2D eigenvalue weighted by atomic mass is 10.2. The number of carbonyl (C=O) groups excluding carboxylic acids is 1. The third kappa shape index (κ3) is 2.89. The molecule has 0 unspecified atom stereocenters. The molecule has 0 atom stereocenters. The zero-order chi connectivity index (χ0) is 10.6. The van der Waals surface area contributed by atoms with Crippen LogP contribution in [0.25, 0.3) is 0 Å². The molecule has 0 bridgehead atoms. The first kappa shape index (κ1) is 10.8. The molecule has 3 heteroatoms. The Kier molecular flexibility index (Phi) is 3.72. The first-order valence-electron chi connectivity index (χ1n) is 4.26. The fraction of sp³-hybridized carbons (Fsp3) is 0.182. The van der Waals surface area contributed by atoms with Crippen LogP contribution in [0.4, 0.5) is 0 Å². The van der Waals surface area contributed by atoms with Gasteiger partial charge in [0, 0.05) is 5.03 Å². The highest BCUT2D eigenvalue weighted by Gasteiger charge is 2.09. The van der Waals surface area contributed by atoms with Gasteiger partial charge in [0.1, 0.15) is 0 Å². The Morgan fingerprint density at radius 3 is 2.86 bits per heavy atom. The summed E-state index contributed by atoms with van der Waals surface area (Å²) in [6.07, 6.45) is 6.59. The summed E-state index contributed by atoms with van der Waals surface area (Å²) in [5, 5.41) is 0.547. The van der Waals surface area contributed by atoms with Crippen molar-refractivity contribution in [1.29, 1.82) is 0 Å². The second-order valence-corrected chi connectivity index (χ2v) is 3.19. The number of ether oxygens (including phenoxy) is 1. The zero-order valence-electron chi connectivity index (χ0n) is 7.92. The molecule has 0 saturated carbocycles. The highest BCUT2D eigenvalue weighted by molar-refractivity contribution is 6.31. The maximum absolute atomic E-state index is 11.4. The molecule has 74 valence electrons.